The first kappa shape index (κ1) is 16.4. The van der Waals surface area contributed by atoms with Crippen LogP contribution in [0.15, 0.2) is 72.1 Å². The lowest BCUT2D eigenvalue weighted by Gasteiger charge is -2.11. The average Bonchev–Trinajstić information content (AvgIpc) is 3.13. The number of carbonyl (C=O) groups is 1. The van der Waals surface area contributed by atoms with Crippen LogP contribution in [-0.4, -0.2) is 17.6 Å². The van der Waals surface area contributed by atoms with Crippen LogP contribution in [0, 0.1) is 0 Å². The second-order valence-corrected chi connectivity index (χ2v) is 6.42. The van der Waals surface area contributed by atoms with Gasteiger partial charge in [0.15, 0.2) is 0 Å². The lowest BCUT2D eigenvalue weighted by Crippen LogP contribution is -2.25. The van der Waals surface area contributed by atoms with E-state index in [1.54, 1.807) is 0 Å². The third kappa shape index (κ3) is 3.91. The zero-order chi connectivity index (χ0) is 16.8. The van der Waals surface area contributed by atoms with Gasteiger partial charge < -0.3 is 10.4 Å². The molecule has 0 bridgehead atoms. The first-order chi connectivity index (χ1) is 11.8. The van der Waals surface area contributed by atoms with Gasteiger partial charge in [-0.25, -0.2) is 0 Å². The molecular weight excluding hydrogens is 318 g/mol. The molecule has 0 spiro atoms. The Morgan fingerprint density at radius 3 is 2.38 bits per heavy atom. The number of rotatable bonds is 6. The molecule has 1 atom stereocenters. The summed E-state index contributed by atoms with van der Waals surface area (Å²) in [5.41, 5.74) is 2.85. The van der Waals surface area contributed by atoms with E-state index in [4.69, 9.17) is 0 Å². The smallest absolute Gasteiger partial charge is 0.261 e. The summed E-state index contributed by atoms with van der Waals surface area (Å²) in [5.74, 6) is -0.0934. The second-order valence-electron chi connectivity index (χ2n) is 5.50. The van der Waals surface area contributed by atoms with Crippen molar-refractivity contribution in [2.45, 2.75) is 12.5 Å². The number of nitrogens with one attached hydrogen (secondary N) is 1. The fourth-order valence-corrected chi connectivity index (χ4v) is 3.41. The van der Waals surface area contributed by atoms with Crippen LogP contribution in [0.1, 0.15) is 27.8 Å². The van der Waals surface area contributed by atoms with Crippen LogP contribution in [0.25, 0.3) is 11.1 Å². The van der Waals surface area contributed by atoms with Crippen molar-refractivity contribution < 1.29 is 9.90 Å². The summed E-state index contributed by atoms with van der Waals surface area (Å²) in [7, 11) is 0. The molecule has 122 valence electrons. The summed E-state index contributed by atoms with van der Waals surface area (Å²) >= 11 is 1.43. The van der Waals surface area contributed by atoms with Crippen molar-refractivity contribution in [2.24, 2.45) is 0 Å². The topological polar surface area (TPSA) is 49.3 Å². The Morgan fingerprint density at radius 1 is 1.00 bits per heavy atom. The third-order valence-corrected chi connectivity index (χ3v) is 4.76. The van der Waals surface area contributed by atoms with Crippen LogP contribution < -0.4 is 5.32 Å². The summed E-state index contributed by atoms with van der Waals surface area (Å²) in [4.78, 5) is 13.1. The molecule has 0 aliphatic carbocycles. The first-order valence-electron chi connectivity index (χ1n) is 7.90. The third-order valence-electron chi connectivity index (χ3n) is 3.84. The zero-order valence-corrected chi connectivity index (χ0v) is 14.0. The number of hydrogen-bond donors (Lipinski definition) is 2. The highest BCUT2D eigenvalue weighted by atomic mass is 32.1. The molecule has 1 unspecified atom stereocenters. The largest absolute Gasteiger partial charge is 0.388 e. The molecule has 3 aromatic rings. The molecule has 1 heterocycles. The van der Waals surface area contributed by atoms with Crippen molar-refractivity contribution in [3.05, 3.63) is 82.6 Å². The maximum Gasteiger partial charge on any atom is 0.261 e. The molecule has 0 aliphatic heterocycles. The monoisotopic (exact) mass is 337 g/mol. The van der Waals surface area contributed by atoms with Crippen LogP contribution in [0.5, 0.6) is 0 Å². The van der Waals surface area contributed by atoms with Gasteiger partial charge >= 0.3 is 0 Å². The molecule has 0 fully saturated rings. The van der Waals surface area contributed by atoms with Crippen molar-refractivity contribution in [1.29, 1.82) is 0 Å². The molecule has 2 aromatic carbocycles. The number of hydrogen-bond acceptors (Lipinski definition) is 3. The normalized spacial score (nSPS) is 11.9. The molecule has 0 aliphatic rings. The molecule has 4 heteroatoms. The van der Waals surface area contributed by atoms with Crippen LogP contribution in [0.3, 0.4) is 0 Å². The van der Waals surface area contributed by atoms with Gasteiger partial charge in [-0.1, -0.05) is 60.7 Å². The van der Waals surface area contributed by atoms with Gasteiger partial charge in [-0.15, -0.1) is 11.3 Å². The Hall–Kier alpha value is -2.43. The predicted octanol–water partition coefficient (Wildman–Crippen LogP) is 4.27. The molecule has 3 nitrogen and oxygen atoms in total. The van der Waals surface area contributed by atoms with Crippen LogP contribution in [-0.2, 0) is 0 Å². The van der Waals surface area contributed by atoms with Gasteiger partial charge in [0.25, 0.3) is 5.91 Å². The van der Waals surface area contributed by atoms with E-state index in [-0.39, 0.29) is 5.91 Å². The van der Waals surface area contributed by atoms with Crippen molar-refractivity contribution in [1.82, 2.24) is 5.32 Å². The van der Waals surface area contributed by atoms with Gasteiger partial charge in [0.05, 0.1) is 11.0 Å². The molecule has 3 rings (SSSR count). The van der Waals surface area contributed by atoms with E-state index in [1.807, 2.05) is 72.1 Å². The van der Waals surface area contributed by atoms with Crippen molar-refractivity contribution in [3.8, 4) is 11.1 Å². The first-order valence-corrected chi connectivity index (χ1v) is 8.78. The molecule has 1 amide bonds. The van der Waals surface area contributed by atoms with Crippen LogP contribution >= 0.6 is 11.3 Å². The molecule has 24 heavy (non-hydrogen) atoms. The number of aliphatic hydroxyl groups is 1. The summed E-state index contributed by atoms with van der Waals surface area (Å²) < 4.78 is 0. The van der Waals surface area contributed by atoms with E-state index in [2.05, 4.69) is 5.32 Å². The Labute approximate surface area is 145 Å². The number of thiophene rings is 1. The lowest BCUT2D eigenvalue weighted by atomic mass is 10.1. The highest BCUT2D eigenvalue weighted by Crippen LogP contribution is 2.28. The summed E-state index contributed by atoms with van der Waals surface area (Å²) in [6, 6.07) is 21.3. The Kier molecular flexibility index (Phi) is 5.41. The molecule has 2 N–H and O–H groups in total. The van der Waals surface area contributed by atoms with Gasteiger partial charge in [0.1, 0.15) is 0 Å². The van der Waals surface area contributed by atoms with E-state index in [0.29, 0.717) is 17.8 Å². The Balaban J connectivity index is 1.60. The summed E-state index contributed by atoms with van der Waals surface area (Å²) in [5, 5.41) is 15.0. The van der Waals surface area contributed by atoms with E-state index < -0.39 is 6.10 Å². The van der Waals surface area contributed by atoms with E-state index in [1.165, 1.54) is 11.3 Å². The lowest BCUT2D eigenvalue weighted by molar-refractivity contribution is 0.0947. The predicted molar refractivity (Wildman–Crippen MR) is 98.1 cm³/mol. The molecular formula is C20H19NO2S. The number of amides is 1. The minimum absolute atomic E-state index is 0.0934. The molecule has 0 saturated carbocycles. The maximum atomic E-state index is 12.4. The zero-order valence-electron chi connectivity index (χ0n) is 13.2. The fourth-order valence-electron chi connectivity index (χ4n) is 2.57. The minimum Gasteiger partial charge on any atom is -0.388 e. The number of carbonyl (C=O) groups excluding carboxylic acids is 1. The fraction of sp³-hybridized carbons (Fsp3) is 0.150. The SMILES string of the molecule is O=C(NCCC(O)c1ccccc1)c1sccc1-c1ccccc1. The summed E-state index contributed by atoms with van der Waals surface area (Å²) in [6.45, 7) is 0.432. The minimum atomic E-state index is -0.566. The van der Waals surface area contributed by atoms with Crippen molar-refractivity contribution in [3.63, 3.8) is 0 Å². The van der Waals surface area contributed by atoms with Crippen LogP contribution in [0.2, 0.25) is 0 Å². The number of aliphatic hydroxyl groups excluding tert-OH is 1. The average molecular weight is 337 g/mol. The quantitative estimate of drug-likeness (QED) is 0.706. The molecule has 0 radical (unpaired) electrons. The maximum absolute atomic E-state index is 12.4. The van der Waals surface area contributed by atoms with E-state index >= 15 is 0 Å². The van der Waals surface area contributed by atoms with Gasteiger partial charge in [0.2, 0.25) is 0 Å². The molecule has 0 saturated heterocycles. The standard InChI is InChI=1S/C20H19NO2S/c22-18(16-9-5-2-6-10-16)11-13-21-20(23)19-17(12-14-24-19)15-7-3-1-4-8-15/h1-10,12,14,18,22H,11,13H2,(H,21,23). The Morgan fingerprint density at radius 2 is 1.67 bits per heavy atom. The Bertz CT molecular complexity index is 784. The second kappa shape index (κ2) is 7.90. The van der Waals surface area contributed by atoms with Gasteiger partial charge in [-0.3, -0.25) is 4.79 Å². The highest BCUT2D eigenvalue weighted by Gasteiger charge is 2.15. The number of benzene rings is 2. The van der Waals surface area contributed by atoms with Crippen molar-refractivity contribution >= 4 is 17.2 Å². The van der Waals surface area contributed by atoms with Crippen LogP contribution in [0.4, 0.5) is 0 Å². The van der Waals surface area contributed by atoms with Gasteiger partial charge in [-0.05, 0) is 29.0 Å². The van der Waals surface area contributed by atoms with E-state index in [9.17, 15) is 9.90 Å². The van der Waals surface area contributed by atoms with Crippen molar-refractivity contribution in [2.75, 3.05) is 6.54 Å². The van der Waals surface area contributed by atoms with Gasteiger partial charge in [-0.2, -0.15) is 0 Å². The highest BCUT2D eigenvalue weighted by molar-refractivity contribution is 7.12. The summed E-state index contributed by atoms with van der Waals surface area (Å²) in [6.07, 6.45) is -0.0784. The van der Waals surface area contributed by atoms with Gasteiger partial charge in [0, 0.05) is 12.1 Å². The molecule has 1 aromatic heterocycles. The van der Waals surface area contributed by atoms with E-state index in [0.717, 1.165) is 16.7 Å².